The maximum absolute atomic E-state index is 12.3. The number of esters is 2. The van der Waals surface area contributed by atoms with E-state index in [1.807, 2.05) is 6.07 Å². The molecule has 0 amide bonds. The second-order valence-corrected chi connectivity index (χ2v) is 5.89. The zero-order valence-electron chi connectivity index (χ0n) is 14.4. The number of nitrogens with zero attached hydrogens (tertiary/aromatic N) is 3. The van der Waals surface area contributed by atoms with Crippen molar-refractivity contribution in [3.05, 3.63) is 53.2 Å². The van der Waals surface area contributed by atoms with Crippen molar-refractivity contribution in [3.8, 4) is 0 Å². The van der Waals surface area contributed by atoms with Crippen molar-refractivity contribution >= 4 is 35.1 Å². The van der Waals surface area contributed by atoms with Crippen molar-refractivity contribution in [2.45, 2.75) is 20.0 Å². The number of carbonyl (C=O) groups is 2. The molecule has 8 heteroatoms. The molecule has 7 nitrogen and oxygen atoms in total. The Morgan fingerprint density at radius 2 is 1.92 bits per heavy atom. The first-order valence-corrected chi connectivity index (χ1v) is 8.59. The molecule has 1 atom stereocenters. The van der Waals surface area contributed by atoms with E-state index in [0.717, 1.165) is 0 Å². The summed E-state index contributed by atoms with van der Waals surface area (Å²) in [6.07, 6.45) is 4.55. The summed E-state index contributed by atoms with van der Waals surface area (Å²) in [4.78, 5) is 25.9. The fourth-order valence-corrected chi connectivity index (χ4v) is 2.84. The molecule has 0 bridgehead atoms. The standard InChI is InChI=1S/C18H18ClN3O4/c1-3-25-17(23)12-8-9-15-21(11-12)16(18(24)26-4-2)20-22(15)14-7-5-6-13(19)10-14/h5-11,15H,3-4H2,1-2H3. The Morgan fingerprint density at radius 1 is 1.19 bits per heavy atom. The van der Waals surface area contributed by atoms with E-state index >= 15 is 0 Å². The van der Waals surface area contributed by atoms with Crippen LogP contribution in [0.2, 0.25) is 5.02 Å². The van der Waals surface area contributed by atoms with Gasteiger partial charge in [-0.05, 0) is 44.2 Å². The van der Waals surface area contributed by atoms with Crippen molar-refractivity contribution in [2.75, 3.05) is 18.2 Å². The van der Waals surface area contributed by atoms with Gasteiger partial charge in [-0.1, -0.05) is 17.7 Å². The Kier molecular flexibility index (Phi) is 5.27. The van der Waals surface area contributed by atoms with Gasteiger partial charge in [-0.15, -0.1) is 5.10 Å². The highest BCUT2D eigenvalue weighted by atomic mass is 35.5. The molecule has 136 valence electrons. The largest absolute Gasteiger partial charge is 0.462 e. The van der Waals surface area contributed by atoms with Crippen LogP contribution in [-0.4, -0.2) is 42.1 Å². The molecule has 26 heavy (non-hydrogen) atoms. The number of fused-ring (bicyclic) bond motifs is 1. The highest BCUT2D eigenvalue weighted by molar-refractivity contribution is 6.36. The second-order valence-electron chi connectivity index (χ2n) is 5.45. The number of hydrogen-bond acceptors (Lipinski definition) is 7. The molecule has 2 aliphatic heterocycles. The van der Waals surface area contributed by atoms with E-state index in [4.69, 9.17) is 21.1 Å². The van der Waals surface area contributed by atoms with E-state index in [9.17, 15) is 9.59 Å². The molecule has 0 N–H and O–H groups in total. The minimum atomic E-state index is -0.572. The molecule has 1 aromatic carbocycles. The number of hydrogen-bond donors (Lipinski definition) is 0. The van der Waals surface area contributed by atoms with Gasteiger partial charge in [0.05, 0.1) is 24.5 Å². The Bertz CT molecular complexity index is 818. The number of halogens is 1. The zero-order valence-corrected chi connectivity index (χ0v) is 15.1. The monoisotopic (exact) mass is 375 g/mol. The molecular weight excluding hydrogens is 358 g/mol. The quantitative estimate of drug-likeness (QED) is 0.737. The van der Waals surface area contributed by atoms with Gasteiger partial charge < -0.3 is 9.47 Å². The summed E-state index contributed by atoms with van der Waals surface area (Å²) in [5, 5.41) is 6.60. The molecule has 0 saturated heterocycles. The Balaban J connectivity index is 1.97. The number of carbonyl (C=O) groups excluding carboxylic acids is 2. The minimum absolute atomic E-state index is 0.0861. The van der Waals surface area contributed by atoms with Crippen molar-refractivity contribution < 1.29 is 19.1 Å². The summed E-state index contributed by atoms with van der Waals surface area (Å²) in [5.41, 5.74) is 1.04. The third kappa shape index (κ3) is 3.43. The van der Waals surface area contributed by atoms with E-state index < -0.39 is 18.1 Å². The second kappa shape index (κ2) is 7.61. The molecule has 0 radical (unpaired) electrons. The molecule has 1 unspecified atom stereocenters. The first kappa shape index (κ1) is 18.0. The average Bonchev–Trinajstić information content (AvgIpc) is 3.01. The van der Waals surface area contributed by atoms with Crippen LogP contribution in [-0.2, 0) is 19.1 Å². The summed E-state index contributed by atoms with van der Waals surface area (Å²) in [6.45, 7) is 3.93. The molecular formula is C18H18ClN3O4. The predicted octanol–water partition coefficient (Wildman–Crippen LogP) is 2.68. The number of ether oxygens (including phenoxy) is 2. The fraction of sp³-hybridized carbons (Fsp3) is 0.278. The first-order chi connectivity index (χ1) is 12.5. The van der Waals surface area contributed by atoms with Gasteiger partial charge in [-0.25, -0.2) is 14.6 Å². The fourth-order valence-electron chi connectivity index (χ4n) is 2.66. The van der Waals surface area contributed by atoms with Crippen LogP contribution in [0.3, 0.4) is 0 Å². The molecule has 0 fully saturated rings. The number of benzene rings is 1. The van der Waals surface area contributed by atoms with Crippen LogP contribution in [0.4, 0.5) is 5.69 Å². The maximum atomic E-state index is 12.3. The smallest absolute Gasteiger partial charge is 0.376 e. The molecule has 3 rings (SSSR count). The average molecular weight is 376 g/mol. The Labute approximate surface area is 156 Å². The Hall–Kier alpha value is -2.80. The normalized spacial score (nSPS) is 18.2. The van der Waals surface area contributed by atoms with Gasteiger partial charge >= 0.3 is 11.9 Å². The molecule has 0 saturated carbocycles. The lowest BCUT2D eigenvalue weighted by Crippen LogP contribution is -2.42. The summed E-state index contributed by atoms with van der Waals surface area (Å²) in [7, 11) is 0. The minimum Gasteiger partial charge on any atom is -0.462 e. The van der Waals surface area contributed by atoms with E-state index in [0.29, 0.717) is 16.3 Å². The SMILES string of the molecule is CCOC(=O)C1=CN2C(C(=O)OCC)=NN(c3cccc(Cl)c3)C2C=C1. The molecule has 0 aromatic heterocycles. The molecule has 1 aromatic rings. The summed E-state index contributed by atoms with van der Waals surface area (Å²) >= 11 is 6.08. The number of anilines is 1. The third-order valence-electron chi connectivity index (χ3n) is 3.75. The lowest BCUT2D eigenvalue weighted by Gasteiger charge is -2.29. The lowest BCUT2D eigenvalue weighted by molar-refractivity contribution is -0.138. The van der Waals surface area contributed by atoms with Crippen LogP contribution in [0.15, 0.2) is 53.3 Å². The van der Waals surface area contributed by atoms with Crippen molar-refractivity contribution in [1.29, 1.82) is 0 Å². The zero-order chi connectivity index (χ0) is 18.7. The number of hydrazone groups is 1. The van der Waals surface area contributed by atoms with Gasteiger partial charge in [0.15, 0.2) is 0 Å². The van der Waals surface area contributed by atoms with Gasteiger partial charge in [0.2, 0.25) is 5.84 Å². The van der Waals surface area contributed by atoms with Gasteiger partial charge in [-0.2, -0.15) is 0 Å². The topological polar surface area (TPSA) is 71.4 Å². The lowest BCUT2D eigenvalue weighted by atomic mass is 10.1. The highest BCUT2D eigenvalue weighted by Crippen LogP contribution is 2.31. The van der Waals surface area contributed by atoms with Crippen molar-refractivity contribution in [1.82, 2.24) is 4.90 Å². The van der Waals surface area contributed by atoms with Crippen molar-refractivity contribution in [3.63, 3.8) is 0 Å². The molecule has 0 spiro atoms. The molecule has 2 heterocycles. The van der Waals surface area contributed by atoms with E-state index in [1.54, 1.807) is 60.3 Å². The van der Waals surface area contributed by atoms with E-state index in [1.165, 1.54) is 0 Å². The number of amidine groups is 1. The first-order valence-electron chi connectivity index (χ1n) is 8.21. The third-order valence-corrected chi connectivity index (χ3v) is 3.99. The van der Waals surface area contributed by atoms with Crippen LogP contribution >= 0.6 is 11.6 Å². The summed E-state index contributed by atoms with van der Waals surface area (Å²) in [5.74, 6) is -0.952. The summed E-state index contributed by atoms with van der Waals surface area (Å²) in [6, 6.07) is 7.13. The van der Waals surface area contributed by atoms with Gasteiger partial charge in [0, 0.05) is 11.2 Å². The van der Waals surface area contributed by atoms with Crippen LogP contribution in [0, 0.1) is 0 Å². The Morgan fingerprint density at radius 3 is 2.62 bits per heavy atom. The van der Waals surface area contributed by atoms with Crippen LogP contribution in [0.25, 0.3) is 0 Å². The maximum Gasteiger partial charge on any atom is 0.376 e. The van der Waals surface area contributed by atoms with Gasteiger partial charge in [-0.3, -0.25) is 4.90 Å². The molecule has 0 aliphatic carbocycles. The van der Waals surface area contributed by atoms with E-state index in [2.05, 4.69) is 5.10 Å². The predicted molar refractivity (Wildman–Crippen MR) is 97.5 cm³/mol. The van der Waals surface area contributed by atoms with Crippen molar-refractivity contribution in [2.24, 2.45) is 5.10 Å². The van der Waals surface area contributed by atoms with Gasteiger partial charge in [0.25, 0.3) is 0 Å². The van der Waals surface area contributed by atoms with E-state index in [-0.39, 0.29) is 19.0 Å². The van der Waals surface area contributed by atoms with Crippen LogP contribution in [0.1, 0.15) is 13.8 Å². The summed E-state index contributed by atoms with van der Waals surface area (Å²) < 4.78 is 10.1. The van der Waals surface area contributed by atoms with Crippen LogP contribution in [0.5, 0.6) is 0 Å². The van der Waals surface area contributed by atoms with Crippen LogP contribution < -0.4 is 5.01 Å². The van der Waals surface area contributed by atoms with Gasteiger partial charge in [0.1, 0.15) is 6.17 Å². The number of rotatable bonds is 5. The highest BCUT2D eigenvalue weighted by Gasteiger charge is 2.39. The molecule has 2 aliphatic rings.